The lowest BCUT2D eigenvalue weighted by Gasteiger charge is -2.13. The summed E-state index contributed by atoms with van der Waals surface area (Å²) < 4.78 is 29.2. The van der Waals surface area contributed by atoms with Crippen molar-refractivity contribution >= 4 is 11.8 Å². The minimum atomic E-state index is -0.624. The van der Waals surface area contributed by atoms with Crippen LogP contribution in [-0.2, 0) is 13.0 Å². The van der Waals surface area contributed by atoms with Crippen molar-refractivity contribution < 1.29 is 8.78 Å². The SMILES string of the molecule is CC(C)c1nc(CC#N)n(Cc2ccncc2)c1Sc1cc(F)cc(F)c1. The Balaban J connectivity index is 2.09. The van der Waals surface area contributed by atoms with Gasteiger partial charge in [-0.2, -0.15) is 5.26 Å². The summed E-state index contributed by atoms with van der Waals surface area (Å²) in [5, 5.41) is 9.98. The molecular weight excluding hydrogens is 366 g/mol. The second-order valence-electron chi connectivity index (χ2n) is 6.36. The Morgan fingerprint density at radius 1 is 1.15 bits per heavy atom. The Bertz CT molecular complexity index is 957. The van der Waals surface area contributed by atoms with Gasteiger partial charge in [-0.15, -0.1) is 0 Å². The molecule has 7 heteroatoms. The van der Waals surface area contributed by atoms with Crippen LogP contribution in [0.2, 0.25) is 0 Å². The first-order valence-corrected chi connectivity index (χ1v) is 9.28. The van der Waals surface area contributed by atoms with Crippen molar-refractivity contribution in [1.82, 2.24) is 14.5 Å². The van der Waals surface area contributed by atoms with E-state index in [0.717, 1.165) is 22.3 Å². The summed E-state index contributed by atoms with van der Waals surface area (Å²) in [4.78, 5) is 9.13. The number of hydrogen-bond acceptors (Lipinski definition) is 4. The standard InChI is InChI=1S/C20H18F2N4S/c1-13(2)19-20(27-17-10-15(21)9-16(22)11-17)26(18(25-19)3-6-23)12-14-4-7-24-8-5-14/h4-5,7-11,13H,3,12H2,1-2H3. The fraction of sp³-hybridized carbons (Fsp3) is 0.250. The van der Waals surface area contributed by atoms with Gasteiger partial charge in [-0.25, -0.2) is 13.8 Å². The van der Waals surface area contributed by atoms with Gasteiger partial charge in [0.05, 0.1) is 18.2 Å². The molecule has 0 aliphatic carbocycles. The van der Waals surface area contributed by atoms with Crippen LogP contribution in [0.4, 0.5) is 8.78 Å². The zero-order chi connectivity index (χ0) is 19.4. The van der Waals surface area contributed by atoms with Gasteiger partial charge in [0, 0.05) is 29.9 Å². The molecule has 3 aromatic rings. The Labute approximate surface area is 160 Å². The van der Waals surface area contributed by atoms with Crippen LogP contribution in [-0.4, -0.2) is 14.5 Å². The molecule has 0 bridgehead atoms. The first-order valence-electron chi connectivity index (χ1n) is 8.47. The number of imidazole rings is 1. The van der Waals surface area contributed by atoms with Crippen LogP contribution >= 0.6 is 11.8 Å². The van der Waals surface area contributed by atoms with E-state index in [-0.39, 0.29) is 12.3 Å². The average Bonchev–Trinajstić information content (AvgIpc) is 2.93. The molecule has 4 nitrogen and oxygen atoms in total. The van der Waals surface area contributed by atoms with Crippen LogP contribution in [0.25, 0.3) is 0 Å². The minimum absolute atomic E-state index is 0.0991. The minimum Gasteiger partial charge on any atom is -0.317 e. The van der Waals surface area contributed by atoms with Gasteiger partial charge in [-0.3, -0.25) is 4.98 Å². The zero-order valence-corrected chi connectivity index (χ0v) is 15.8. The van der Waals surface area contributed by atoms with Crippen LogP contribution in [0, 0.1) is 23.0 Å². The van der Waals surface area contributed by atoms with Gasteiger partial charge in [0.15, 0.2) is 0 Å². The lowest BCUT2D eigenvalue weighted by atomic mass is 10.1. The maximum absolute atomic E-state index is 13.6. The highest BCUT2D eigenvalue weighted by atomic mass is 32.2. The molecule has 0 N–H and O–H groups in total. The van der Waals surface area contributed by atoms with Crippen LogP contribution in [0.3, 0.4) is 0 Å². The highest BCUT2D eigenvalue weighted by Gasteiger charge is 2.21. The number of nitriles is 1. The van der Waals surface area contributed by atoms with E-state index in [0.29, 0.717) is 17.3 Å². The van der Waals surface area contributed by atoms with Crippen molar-refractivity contribution in [3.05, 3.63) is 71.4 Å². The van der Waals surface area contributed by atoms with E-state index in [1.165, 1.54) is 23.9 Å². The average molecular weight is 384 g/mol. The zero-order valence-electron chi connectivity index (χ0n) is 15.0. The lowest BCUT2D eigenvalue weighted by Crippen LogP contribution is -2.06. The van der Waals surface area contributed by atoms with Crippen molar-refractivity contribution in [3.8, 4) is 6.07 Å². The molecule has 0 aliphatic rings. The van der Waals surface area contributed by atoms with Gasteiger partial charge in [-0.1, -0.05) is 25.6 Å². The normalized spacial score (nSPS) is 11.0. The molecule has 3 rings (SSSR count). The van der Waals surface area contributed by atoms with Crippen molar-refractivity contribution in [2.45, 2.75) is 42.7 Å². The Kier molecular flexibility index (Phi) is 5.87. The van der Waals surface area contributed by atoms with E-state index < -0.39 is 11.6 Å². The maximum Gasteiger partial charge on any atom is 0.127 e. The summed E-state index contributed by atoms with van der Waals surface area (Å²) in [6.07, 6.45) is 3.56. The second-order valence-corrected chi connectivity index (χ2v) is 7.42. The quantitative estimate of drug-likeness (QED) is 0.604. The van der Waals surface area contributed by atoms with E-state index in [1.807, 2.05) is 30.5 Å². The summed E-state index contributed by atoms with van der Waals surface area (Å²) in [6, 6.07) is 9.37. The van der Waals surface area contributed by atoms with Crippen LogP contribution < -0.4 is 0 Å². The molecule has 0 spiro atoms. The summed E-state index contributed by atoms with van der Waals surface area (Å²) in [5.74, 6) is -0.512. The molecule has 1 aromatic carbocycles. The predicted octanol–water partition coefficient (Wildman–Crippen LogP) is 4.95. The highest BCUT2D eigenvalue weighted by Crippen LogP contribution is 2.36. The molecule has 0 radical (unpaired) electrons. The number of pyridine rings is 1. The van der Waals surface area contributed by atoms with E-state index in [9.17, 15) is 14.0 Å². The Morgan fingerprint density at radius 2 is 1.81 bits per heavy atom. The summed E-state index contributed by atoms with van der Waals surface area (Å²) >= 11 is 1.26. The van der Waals surface area contributed by atoms with E-state index >= 15 is 0 Å². The molecule has 0 aliphatic heterocycles. The van der Waals surface area contributed by atoms with Crippen molar-refractivity contribution in [2.75, 3.05) is 0 Å². The predicted molar refractivity (Wildman–Crippen MR) is 99.5 cm³/mol. The second kappa shape index (κ2) is 8.31. The monoisotopic (exact) mass is 384 g/mol. The Hall–Kier alpha value is -2.72. The molecule has 138 valence electrons. The lowest BCUT2D eigenvalue weighted by molar-refractivity contribution is 0.577. The first kappa shape index (κ1) is 19.1. The molecule has 0 atom stereocenters. The molecule has 0 saturated heterocycles. The maximum atomic E-state index is 13.6. The van der Waals surface area contributed by atoms with Gasteiger partial charge < -0.3 is 4.57 Å². The smallest absolute Gasteiger partial charge is 0.127 e. The molecule has 0 saturated carbocycles. The molecule has 27 heavy (non-hydrogen) atoms. The number of halogens is 2. The van der Waals surface area contributed by atoms with Crippen LogP contribution in [0.15, 0.2) is 52.6 Å². The first-order chi connectivity index (χ1) is 13.0. The van der Waals surface area contributed by atoms with Gasteiger partial charge in [0.2, 0.25) is 0 Å². The number of aromatic nitrogens is 3. The summed E-state index contributed by atoms with van der Waals surface area (Å²) in [6.45, 7) is 4.51. The number of benzene rings is 1. The van der Waals surface area contributed by atoms with Crippen LogP contribution in [0.5, 0.6) is 0 Å². The van der Waals surface area contributed by atoms with Gasteiger partial charge in [0.25, 0.3) is 0 Å². The van der Waals surface area contributed by atoms with Crippen molar-refractivity contribution in [1.29, 1.82) is 5.26 Å². The fourth-order valence-corrected chi connectivity index (χ4v) is 3.96. The third-order valence-corrected chi connectivity index (χ3v) is 5.04. The van der Waals surface area contributed by atoms with Crippen molar-refractivity contribution in [2.24, 2.45) is 0 Å². The number of nitrogens with zero attached hydrogens (tertiary/aromatic N) is 4. The number of hydrogen-bond donors (Lipinski definition) is 0. The van der Waals surface area contributed by atoms with E-state index in [2.05, 4.69) is 16.0 Å². The number of rotatable bonds is 6. The molecular formula is C20H18F2N4S. The summed E-state index contributed by atoms with van der Waals surface area (Å²) in [7, 11) is 0. The van der Waals surface area contributed by atoms with Gasteiger partial charge >= 0.3 is 0 Å². The molecule has 0 fully saturated rings. The highest BCUT2D eigenvalue weighted by molar-refractivity contribution is 7.99. The molecule has 0 unspecified atom stereocenters. The van der Waals surface area contributed by atoms with Crippen molar-refractivity contribution in [3.63, 3.8) is 0 Å². The molecule has 2 heterocycles. The van der Waals surface area contributed by atoms with Crippen LogP contribution in [0.1, 0.15) is 36.8 Å². The largest absolute Gasteiger partial charge is 0.317 e. The third-order valence-electron chi connectivity index (χ3n) is 3.95. The topological polar surface area (TPSA) is 54.5 Å². The molecule has 2 aromatic heterocycles. The Morgan fingerprint density at radius 3 is 2.41 bits per heavy atom. The van der Waals surface area contributed by atoms with Gasteiger partial charge in [-0.05, 0) is 35.7 Å². The van der Waals surface area contributed by atoms with Gasteiger partial charge in [0.1, 0.15) is 22.5 Å². The van der Waals surface area contributed by atoms with E-state index in [1.54, 1.807) is 12.4 Å². The fourth-order valence-electron chi connectivity index (χ4n) is 2.72. The molecule has 0 amide bonds. The van der Waals surface area contributed by atoms with E-state index in [4.69, 9.17) is 0 Å². The summed E-state index contributed by atoms with van der Waals surface area (Å²) in [5.41, 5.74) is 1.81. The third kappa shape index (κ3) is 4.52.